The second-order valence-corrected chi connectivity index (χ2v) is 8.15. The van der Waals surface area contributed by atoms with E-state index in [1.54, 1.807) is 0 Å². The van der Waals surface area contributed by atoms with Gasteiger partial charge in [0.05, 0.1) is 0 Å². The molecule has 0 aromatic rings. The van der Waals surface area contributed by atoms with Crippen LogP contribution >= 0.6 is 11.6 Å². The summed E-state index contributed by atoms with van der Waals surface area (Å²) in [5, 5.41) is -1.37. The summed E-state index contributed by atoms with van der Waals surface area (Å²) in [7, 11) is -8.48. The normalized spacial score (nSPS) is 14.2. The number of rotatable bonds is 6. The van der Waals surface area contributed by atoms with Gasteiger partial charge in [0, 0.05) is 18.7 Å². The van der Waals surface area contributed by atoms with Crippen molar-refractivity contribution >= 4 is 31.5 Å². The average Bonchev–Trinajstić information content (AvgIpc) is 1.95. The van der Waals surface area contributed by atoms with E-state index in [4.69, 9.17) is 11.6 Å². The Morgan fingerprint density at radius 1 is 1.18 bits per heavy atom. The van der Waals surface area contributed by atoms with Crippen LogP contribution in [0.4, 0.5) is 13.2 Å². The van der Waals surface area contributed by atoms with Crippen molar-refractivity contribution in [2.45, 2.75) is 6.18 Å². The van der Waals surface area contributed by atoms with E-state index in [1.165, 1.54) is 0 Å². The minimum absolute atomic E-state index is 0.0149. The van der Waals surface area contributed by atoms with Gasteiger partial charge in [-0.25, -0.2) is 16.8 Å². The lowest BCUT2D eigenvalue weighted by atomic mass is 10.6. The first-order valence-electron chi connectivity index (χ1n) is 4.16. The van der Waals surface area contributed by atoms with Crippen molar-refractivity contribution in [2.24, 2.45) is 0 Å². The summed E-state index contributed by atoms with van der Waals surface area (Å²) in [6.45, 7) is -2.35. The van der Waals surface area contributed by atoms with Gasteiger partial charge in [-0.05, 0) is 0 Å². The van der Waals surface area contributed by atoms with Gasteiger partial charge in [0.15, 0.2) is 14.9 Å². The molecule has 0 aromatic heterocycles. The van der Waals surface area contributed by atoms with Crippen molar-refractivity contribution in [3.63, 3.8) is 0 Å². The Labute approximate surface area is 103 Å². The third kappa shape index (κ3) is 7.79. The summed E-state index contributed by atoms with van der Waals surface area (Å²) in [6.07, 6.45) is -4.13. The van der Waals surface area contributed by atoms with Gasteiger partial charge < -0.3 is 0 Å². The fourth-order valence-electron chi connectivity index (χ4n) is 0.956. The summed E-state index contributed by atoms with van der Waals surface area (Å²) in [4.78, 5) is 0. The maximum absolute atomic E-state index is 12.1. The zero-order valence-electron chi connectivity index (χ0n) is 8.74. The van der Waals surface area contributed by atoms with E-state index < -0.39 is 44.2 Å². The molecule has 0 saturated carbocycles. The lowest BCUT2D eigenvalue weighted by Crippen LogP contribution is -2.42. The molecular weight excluding hydrogens is 307 g/mol. The van der Waals surface area contributed by atoms with E-state index in [0.29, 0.717) is 6.26 Å². The lowest BCUT2D eigenvalue weighted by molar-refractivity contribution is -0.135. The third-order valence-electron chi connectivity index (χ3n) is 1.45. The standard InChI is InChI=1S/C6H11ClF3NO4S2/c1-16(12,13)5-17(14,15)11(3-2-7)4-6(8,9)10/h2-5H2,1H3. The van der Waals surface area contributed by atoms with Gasteiger partial charge in [0.2, 0.25) is 10.0 Å². The average molecular weight is 318 g/mol. The Kier molecular flexibility index (Phi) is 5.70. The quantitative estimate of drug-likeness (QED) is 0.666. The zero-order valence-corrected chi connectivity index (χ0v) is 11.1. The summed E-state index contributed by atoms with van der Waals surface area (Å²) in [5.74, 6) is -0.362. The number of sulfone groups is 1. The van der Waals surface area contributed by atoms with Gasteiger partial charge in [-0.2, -0.15) is 17.5 Å². The molecule has 0 aliphatic carbocycles. The molecule has 0 radical (unpaired) electrons. The number of hydrogen-bond acceptors (Lipinski definition) is 4. The van der Waals surface area contributed by atoms with Crippen LogP contribution in [-0.2, 0) is 19.9 Å². The topological polar surface area (TPSA) is 71.5 Å². The van der Waals surface area contributed by atoms with Crippen LogP contribution in [0, 0.1) is 0 Å². The smallest absolute Gasteiger partial charge is 0.228 e. The van der Waals surface area contributed by atoms with Gasteiger partial charge in [-0.3, -0.25) is 0 Å². The highest BCUT2D eigenvalue weighted by atomic mass is 35.5. The highest BCUT2D eigenvalue weighted by Crippen LogP contribution is 2.19. The van der Waals surface area contributed by atoms with Crippen LogP contribution in [0.2, 0.25) is 0 Å². The van der Waals surface area contributed by atoms with Crippen molar-refractivity contribution in [3.8, 4) is 0 Å². The highest BCUT2D eigenvalue weighted by Gasteiger charge is 2.37. The third-order valence-corrected chi connectivity index (χ3v) is 5.62. The molecule has 0 N–H and O–H groups in total. The molecule has 0 saturated heterocycles. The molecule has 0 spiro atoms. The lowest BCUT2D eigenvalue weighted by Gasteiger charge is -2.21. The van der Waals surface area contributed by atoms with Gasteiger partial charge in [-0.15, -0.1) is 11.6 Å². The van der Waals surface area contributed by atoms with Crippen LogP contribution in [0.1, 0.15) is 0 Å². The van der Waals surface area contributed by atoms with Crippen LogP contribution in [0.5, 0.6) is 0 Å². The number of hydrogen-bond donors (Lipinski definition) is 0. The molecule has 11 heteroatoms. The molecule has 0 atom stereocenters. The van der Waals surface area contributed by atoms with Gasteiger partial charge in [0.25, 0.3) is 0 Å². The Morgan fingerprint density at radius 2 is 1.65 bits per heavy atom. The van der Waals surface area contributed by atoms with E-state index in [1.807, 2.05) is 0 Å². The van der Waals surface area contributed by atoms with Crippen molar-refractivity contribution in [2.75, 3.05) is 30.3 Å². The second kappa shape index (κ2) is 5.72. The van der Waals surface area contributed by atoms with E-state index in [0.717, 1.165) is 0 Å². The molecule has 5 nitrogen and oxygen atoms in total. The summed E-state index contributed by atoms with van der Waals surface area (Å²) in [6, 6.07) is 0. The highest BCUT2D eigenvalue weighted by molar-refractivity contribution is 8.06. The number of sulfonamides is 1. The SMILES string of the molecule is CS(=O)(=O)CS(=O)(=O)N(CCCl)CC(F)(F)F. The van der Waals surface area contributed by atoms with E-state index in [-0.39, 0.29) is 10.2 Å². The van der Waals surface area contributed by atoms with Crippen LogP contribution in [0.25, 0.3) is 0 Å². The summed E-state index contributed by atoms with van der Waals surface area (Å²) in [5.41, 5.74) is 0. The molecule has 0 rings (SSSR count). The number of nitrogens with zero attached hydrogens (tertiary/aromatic N) is 1. The molecule has 0 aliphatic heterocycles. The Balaban J connectivity index is 5.06. The largest absolute Gasteiger partial charge is 0.402 e. The van der Waals surface area contributed by atoms with Crippen molar-refractivity contribution in [1.29, 1.82) is 0 Å². The molecule has 0 fully saturated rings. The van der Waals surface area contributed by atoms with E-state index >= 15 is 0 Å². The predicted molar refractivity (Wildman–Crippen MR) is 57.0 cm³/mol. The van der Waals surface area contributed by atoms with Crippen molar-refractivity contribution in [3.05, 3.63) is 0 Å². The molecule has 0 heterocycles. The Morgan fingerprint density at radius 3 is 1.94 bits per heavy atom. The molecule has 0 bridgehead atoms. The summed E-state index contributed by atoms with van der Waals surface area (Å²) >= 11 is 5.18. The van der Waals surface area contributed by atoms with Crippen LogP contribution in [-0.4, -0.2) is 57.6 Å². The minimum atomic E-state index is -4.75. The van der Waals surface area contributed by atoms with Gasteiger partial charge in [0.1, 0.15) is 6.54 Å². The molecular formula is C6H11ClF3NO4S2. The zero-order chi connectivity index (χ0) is 13.9. The van der Waals surface area contributed by atoms with Gasteiger partial charge >= 0.3 is 6.18 Å². The monoisotopic (exact) mass is 317 g/mol. The molecule has 0 amide bonds. The van der Waals surface area contributed by atoms with Crippen molar-refractivity contribution < 1.29 is 30.0 Å². The first kappa shape index (κ1) is 16.9. The molecule has 17 heavy (non-hydrogen) atoms. The Bertz CT molecular complexity index is 444. The minimum Gasteiger partial charge on any atom is -0.228 e. The maximum Gasteiger partial charge on any atom is 0.402 e. The second-order valence-electron chi connectivity index (χ2n) is 3.29. The maximum atomic E-state index is 12.1. The Hall–Kier alpha value is -0.0600. The molecule has 0 aromatic carbocycles. The van der Waals surface area contributed by atoms with E-state index in [2.05, 4.69) is 0 Å². The van der Waals surface area contributed by atoms with Crippen LogP contribution in [0.3, 0.4) is 0 Å². The predicted octanol–water partition coefficient (Wildman–Crippen LogP) is 0.421. The molecule has 0 aliphatic rings. The van der Waals surface area contributed by atoms with E-state index in [9.17, 15) is 30.0 Å². The summed E-state index contributed by atoms with van der Waals surface area (Å²) < 4.78 is 80.7. The van der Waals surface area contributed by atoms with Crippen LogP contribution in [0.15, 0.2) is 0 Å². The molecule has 104 valence electrons. The van der Waals surface area contributed by atoms with Crippen LogP contribution < -0.4 is 0 Å². The molecule has 0 unspecified atom stereocenters. The fraction of sp³-hybridized carbons (Fsp3) is 1.00. The number of halogens is 4. The fourth-order valence-corrected chi connectivity index (χ4v) is 4.73. The number of alkyl halides is 4. The first-order valence-corrected chi connectivity index (χ1v) is 8.36. The first-order chi connectivity index (χ1) is 7.37. The van der Waals surface area contributed by atoms with Gasteiger partial charge in [-0.1, -0.05) is 0 Å². The van der Waals surface area contributed by atoms with Crippen molar-refractivity contribution in [1.82, 2.24) is 4.31 Å².